The first-order valence-corrected chi connectivity index (χ1v) is 8.45. The summed E-state index contributed by atoms with van der Waals surface area (Å²) in [5.41, 5.74) is 0. The van der Waals surface area contributed by atoms with E-state index in [4.69, 9.17) is 18.6 Å². The summed E-state index contributed by atoms with van der Waals surface area (Å²) in [6.07, 6.45) is 5.11. The minimum Gasteiger partial charge on any atom is -0.494 e. The van der Waals surface area contributed by atoms with Gasteiger partial charge in [0.25, 0.3) is 0 Å². The van der Waals surface area contributed by atoms with Gasteiger partial charge in [-0.2, -0.15) is 9.97 Å². The fourth-order valence-electron chi connectivity index (χ4n) is 3.07. The first kappa shape index (κ1) is 16.2. The lowest BCUT2D eigenvalue weighted by atomic mass is 10.1. The number of hydrogen-bond donors (Lipinski definition) is 0. The smallest absolute Gasteiger partial charge is 0.316 e. The summed E-state index contributed by atoms with van der Waals surface area (Å²) in [5, 5.41) is 8.32. The molecule has 0 spiro atoms. The van der Waals surface area contributed by atoms with E-state index in [-0.39, 0.29) is 12.0 Å². The molecule has 9 nitrogen and oxygen atoms in total. The molecule has 0 bridgehead atoms. The van der Waals surface area contributed by atoms with Crippen LogP contribution in [-0.4, -0.2) is 64.6 Å². The van der Waals surface area contributed by atoms with Gasteiger partial charge in [-0.1, -0.05) is 0 Å². The summed E-state index contributed by atoms with van der Waals surface area (Å²) >= 11 is 0. The van der Waals surface area contributed by atoms with Crippen LogP contribution in [0, 0.1) is 0 Å². The van der Waals surface area contributed by atoms with Crippen molar-refractivity contribution < 1.29 is 18.6 Å². The zero-order valence-electron chi connectivity index (χ0n) is 14.1. The number of likely N-dealkylation sites (tertiary alicyclic amines) is 1. The number of nitrogens with zero attached hydrogens (tertiary/aromatic N) is 5. The van der Waals surface area contributed by atoms with E-state index in [0.29, 0.717) is 36.7 Å². The van der Waals surface area contributed by atoms with Gasteiger partial charge in [0.1, 0.15) is 6.10 Å². The zero-order valence-corrected chi connectivity index (χ0v) is 14.1. The molecular weight excluding hydrogens is 326 g/mol. The highest BCUT2D eigenvalue weighted by Crippen LogP contribution is 2.24. The van der Waals surface area contributed by atoms with Crippen LogP contribution in [0.1, 0.15) is 30.5 Å². The van der Waals surface area contributed by atoms with Gasteiger partial charge in [-0.3, -0.25) is 4.90 Å². The van der Waals surface area contributed by atoms with Crippen LogP contribution in [0.5, 0.6) is 11.8 Å². The normalized spacial score (nSPS) is 23.9. The fourth-order valence-corrected chi connectivity index (χ4v) is 3.07. The molecule has 0 N–H and O–H groups in total. The predicted octanol–water partition coefficient (Wildman–Crippen LogP) is 1.03. The maximum Gasteiger partial charge on any atom is 0.316 e. The Morgan fingerprint density at radius 3 is 2.88 bits per heavy atom. The summed E-state index contributed by atoms with van der Waals surface area (Å²) in [7, 11) is 1.58. The molecule has 4 heterocycles. The summed E-state index contributed by atoms with van der Waals surface area (Å²) in [6.45, 7) is 3.75. The van der Waals surface area contributed by atoms with Crippen molar-refractivity contribution in [1.82, 2.24) is 25.1 Å². The monoisotopic (exact) mass is 347 g/mol. The van der Waals surface area contributed by atoms with E-state index in [9.17, 15) is 0 Å². The molecule has 2 aliphatic rings. The van der Waals surface area contributed by atoms with Crippen LogP contribution in [0.4, 0.5) is 0 Å². The fraction of sp³-hybridized carbons (Fsp3) is 0.625. The van der Waals surface area contributed by atoms with E-state index in [1.807, 2.05) is 0 Å². The summed E-state index contributed by atoms with van der Waals surface area (Å²) in [5.74, 6) is 2.18. The summed E-state index contributed by atoms with van der Waals surface area (Å²) in [4.78, 5) is 10.5. The van der Waals surface area contributed by atoms with Crippen LogP contribution >= 0.6 is 0 Å². The van der Waals surface area contributed by atoms with E-state index in [0.717, 1.165) is 32.5 Å². The maximum atomic E-state index is 5.83. The van der Waals surface area contributed by atoms with Crippen LogP contribution < -0.4 is 9.47 Å². The molecule has 2 fully saturated rings. The molecule has 2 unspecified atom stereocenters. The second-order valence-electron chi connectivity index (χ2n) is 6.26. The quantitative estimate of drug-likeness (QED) is 0.759. The summed E-state index contributed by atoms with van der Waals surface area (Å²) < 4.78 is 22.0. The Morgan fingerprint density at radius 2 is 2.12 bits per heavy atom. The van der Waals surface area contributed by atoms with Crippen LogP contribution in [0.15, 0.2) is 16.8 Å². The Labute approximate surface area is 145 Å². The van der Waals surface area contributed by atoms with Crippen molar-refractivity contribution in [2.45, 2.75) is 31.4 Å². The molecule has 2 aromatic rings. The predicted molar refractivity (Wildman–Crippen MR) is 85.4 cm³/mol. The molecule has 0 amide bonds. The van der Waals surface area contributed by atoms with Crippen molar-refractivity contribution in [1.29, 1.82) is 0 Å². The lowest BCUT2D eigenvalue weighted by Crippen LogP contribution is -2.25. The third-order valence-corrected chi connectivity index (χ3v) is 4.46. The molecule has 4 rings (SSSR count). The van der Waals surface area contributed by atoms with Crippen LogP contribution in [0.25, 0.3) is 0 Å². The largest absolute Gasteiger partial charge is 0.494 e. The van der Waals surface area contributed by atoms with Gasteiger partial charge in [0.15, 0.2) is 5.75 Å². The van der Waals surface area contributed by atoms with E-state index in [2.05, 4.69) is 25.1 Å². The molecule has 9 heteroatoms. The standard InChI is InChI=1S/C16H21N5O4/c1-22-13-6-17-16(18-7-13)24-12-2-4-21(8-12)9-14-19-20-15(25-14)11-3-5-23-10-11/h6-7,11-12H,2-5,8-10H2,1H3. The number of methoxy groups -OCH3 is 1. The average Bonchev–Trinajstić information content (AvgIpc) is 3.37. The van der Waals surface area contributed by atoms with E-state index in [1.54, 1.807) is 19.5 Å². The van der Waals surface area contributed by atoms with Crippen molar-refractivity contribution in [3.63, 3.8) is 0 Å². The molecule has 25 heavy (non-hydrogen) atoms. The van der Waals surface area contributed by atoms with E-state index >= 15 is 0 Å². The van der Waals surface area contributed by atoms with Crippen molar-refractivity contribution in [2.24, 2.45) is 0 Å². The van der Waals surface area contributed by atoms with Gasteiger partial charge < -0.3 is 18.6 Å². The third kappa shape index (κ3) is 3.88. The van der Waals surface area contributed by atoms with Crippen LogP contribution in [0.2, 0.25) is 0 Å². The highest BCUT2D eigenvalue weighted by molar-refractivity contribution is 5.13. The number of ether oxygens (including phenoxy) is 3. The molecule has 2 saturated heterocycles. The van der Waals surface area contributed by atoms with Crippen LogP contribution in [0.3, 0.4) is 0 Å². The topological polar surface area (TPSA) is 95.6 Å². The molecule has 0 radical (unpaired) electrons. The minimum atomic E-state index is 0.0546. The highest BCUT2D eigenvalue weighted by Gasteiger charge is 2.28. The van der Waals surface area contributed by atoms with Gasteiger partial charge >= 0.3 is 6.01 Å². The molecule has 2 atom stereocenters. The molecule has 2 aromatic heterocycles. The maximum absolute atomic E-state index is 5.83. The van der Waals surface area contributed by atoms with Crippen molar-refractivity contribution >= 4 is 0 Å². The van der Waals surface area contributed by atoms with E-state index < -0.39 is 0 Å². The van der Waals surface area contributed by atoms with Gasteiger partial charge in [0, 0.05) is 19.7 Å². The molecule has 0 saturated carbocycles. The Balaban J connectivity index is 1.28. The molecule has 2 aliphatic heterocycles. The van der Waals surface area contributed by atoms with Crippen LogP contribution in [-0.2, 0) is 11.3 Å². The molecule has 134 valence electrons. The Bertz CT molecular complexity index is 686. The summed E-state index contributed by atoms with van der Waals surface area (Å²) in [6, 6.07) is 0.369. The highest BCUT2D eigenvalue weighted by atomic mass is 16.5. The van der Waals surface area contributed by atoms with E-state index in [1.165, 1.54) is 0 Å². The second kappa shape index (κ2) is 7.32. The van der Waals surface area contributed by atoms with Crippen molar-refractivity contribution in [3.05, 3.63) is 24.2 Å². The number of hydrogen-bond acceptors (Lipinski definition) is 9. The van der Waals surface area contributed by atoms with Gasteiger partial charge in [-0.25, -0.2) is 0 Å². The number of rotatable bonds is 6. The van der Waals surface area contributed by atoms with Gasteiger partial charge in [-0.05, 0) is 12.8 Å². The molecule has 0 aliphatic carbocycles. The van der Waals surface area contributed by atoms with Gasteiger partial charge in [0.2, 0.25) is 11.8 Å². The minimum absolute atomic E-state index is 0.0546. The van der Waals surface area contributed by atoms with Crippen molar-refractivity contribution in [3.8, 4) is 11.8 Å². The Morgan fingerprint density at radius 1 is 1.24 bits per heavy atom. The van der Waals surface area contributed by atoms with Gasteiger partial charge in [0.05, 0.1) is 38.6 Å². The lowest BCUT2D eigenvalue weighted by Gasteiger charge is -2.14. The molecular formula is C16H21N5O4. The first-order valence-electron chi connectivity index (χ1n) is 8.45. The molecule has 0 aromatic carbocycles. The third-order valence-electron chi connectivity index (χ3n) is 4.46. The SMILES string of the molecule is COc1cnc(OC2CCN(Cc3nnc(C4CCOC4)o3)C2)nc1. The average molecular weight is 347 g/mol. The van der Waals surface area contributed by atoms with Gasteiger partial charge in [-0.15, -0.1) is 10.2 Å². The lowest BCUT2D eigenvalue weighted by molar-refractivity contribution is 0.177. The Hall–Kier alpha value is -2.26. The first-order chi connectivity index (χ1) is 12.3. The zero-order chi connectivity index (χ0) is 17.1. The Kier molecular flexibility index (Phi) is 4.75. The van der Waals surface area contributed by atoms with Crippen molar-refractivity contribution in [2.75, 3.05) is 33.4 Å². The second-order valence-corrected chi connectivity index (χ2v) is 6.26. The number of aromatic nitrogens is 4.